The first-order valence-corrected chi connectivity index (χ1v) is 54.6. The van der Waals surface area contributed by atoms with E-state index < -0.39 is 271 Å². The molecule has 6 aliphatic heterocycles. The average Bonchev–Trinajstić information content (AvgIpc) is 1.66. The zero-order valence-electron chi connectivity index (χ0n) is 81.3. The van der Waals surface area contributed by atoms with Gasteiger partial charge in [-0.3, -0.25) is 55.4 Å². The van der Waals surface area contributed by atoms with Crippen LogP contribution in [0, 0.1) is 34.6 Å². The minimum absolute atomic E-state index is 0.0119. The Balaban J connectivity index is 0.797. The van der Waals surface area contributed by atoms with Crippen molar-refractivity contribution in [3.63, 3.8) is 0 Å². The molecule has 0 aliphatic carbocycles. The number of ether oxygens (including phenoxy) is 18. The maximum atomic E-state index is 15.5. The fraction of sp³-hybridized carbons (Fsp3) is 0.679. The van der Waals surface area contributed by atoms with Crippen molar-refractivity contribution in [1.82, 2.24) is 67.3 Å². The molecule has 11 unspecified atom stereocenters. The van der Waals surface area contributed by atoms with Crippen molar-refractivity contribution in [3.8, 4) is 0 Å². The number of imidazole rings is 1. The molecule has 6 saturated heterocycles. The number of methoxy groups -OCH3 is 6. The largest absolute Gasteiger partial charge is 0.780 e. The van der Waals surface area contributed by atoms with Gasteiger partial charge in [0.15, 0.2) is 55.3 Å². The molecule has 7 aromatic heterocycles. The minimum Gasteiger partial charge on any atom is -0.780 e. The Morgan fingerprint density at radius 1 is 0.372 bits per heavy atom. The zero-order chi connectivity index (χ0) is 108. The number of aliphatic hydroxyl groups is 1. The second-order valence-corrected chi connectivity index (χ2v) is 43.4. The number of nitrogens with one attached hydrogen (secondary N) is 1. The van der Waals surface area contributed by atoms with Crippen LogP contribution in [0.3, 0.4) is 0 Å². The number of hydrogen-bond acceptors (Lipinski definition) is 58. The van der Waals surface area contributed by atoms with Crippen molar-refractivity contribution in [1.29, 1.82) is 0 Å². The number of nitrogens with two attached hydrogens (primary N) is 6. The van der Waals surface area contributed by atoms with Crippen LogP contribution in [0.4, 0.5) is 35.0 Å². The second kappa shape index (κ2) is 51.0. The number of nitrogen functional groups attached to an aromatic ring is 6. The van der Waals surface area contributed by atoms with Gasteiger partial charge in [0.2, 0.25) is 5.95 Å². The number of anilines is 6. The Labute approximate surface area is 850 Å². The summed E-state index contributed by atoms with van der Waals surface area (Å²) in [5.41, 5.74) is 30.7. The van der Waals surface area contributed by atoms with Crippen LogP contribution < -0.4 is 88.0 Å². The van der Waals surface area contributed by atoms with E-state index in [1.54, 1.807) is 6.92 Å². The molecule has 0 radical (unpaired) electrons. The maximum absolute atomic E-state index is 15.5. The molecule has 826 valence electrons. The van der Waals surface area contributed by atoms with Crippen LogP contribution in [0.25, 0.3) is 11.2 Å². The van der Waals surface area contributed by atoms with Gasteiger partial charge < -0.3 is 202 Å². The van der Waals surface area contributed by atoms with Gasteiger partial charge in [0.05, 0.1) is 125 Å². The Bertz CT molecular complexity index is 6380. The molecule has 7 aromatic rings. The minimum atomic E-state index is -6.28. The first-order chi connectivity index (χ1) is 70.1. The molecule has 13 rings (SSSR count). The van der Waals surface area contributed by atoms with E-state index in [0.717, 1.165) is 41.4 Å². The second-order valence-electron chi connectivity index (χ2n) is 33.9. The standard InChI is InChI=1S/C78H119N20O43P5S2/c1-36-25-93(74(101)86-60(36)79)67-54(120-19-13-114-7)48(99)42(132-67)30-129-145(112,147)141-53-46(136-71(59(53)125-24-18-119-12)97-29-40(5)64(83)90-78(97)105)34-130-146(113,148)140-52-45(135-70(58(52)124-23-17-118-11)96-28-39(4)63(82)89-77(96)104)33-128-144(110,111)139-51-44(134-69(57(51)123-22-16-117-10)95-27-38(3)62(81)88-76(95)103)32-127-143(108,109)138-50-43(133-68(56(50)122-21-15-116-9)94-26-37(2)61(80)87-75(94)102)31-126-142(106,107)137-49-41(6)131-72(55(49)121-20-14-115-8)98-35-85-47-65(98)91-73(84)92-66(47)100/h25-29,35,41-46,48-59,67-72,99H,13-24,30-34H2,1-12H3,(H,106,107)(H,108,109)(H,110,111)(H,112,147)(H,113,148)(H2,79,86,101)(H2,80,87,102)(H2,81,88,103)(H2,82,89,104)(H2,83,90,105)(H3,84,91,92,100)/p-5/t41-,42-,43-,44-,45-,46-,48?,49?,50?,51?,52?,53?,54+,55+,56+,57+,58+,59+,67-,68-,69-,70-,71-,72-,145?,146?/m1/s1. The number of aromatic nitrogens is 14. The van der Waals surface area contributed by atoms with Crippen LogP contribution in [-0.2, 0) is 173 Å². The van der Waals surface area contributed by atoms with Crippen LogP contribution in [0.5, 0.6) is 0 Å². The summed E-state index contributed by atoms with van der Waals surface area (Å²) >= 11 is 11.2. The third-order valence-electron chi connectivity index (χ3n) is 23.7. The Morgan fingerprint density at radius 3 is 0.973 bits per heavy atom. The molecule has 29 atom stereocenters. The van der Waals surface area contributed by atoms with Crippen molar-refractivity contribution < 1.29 is 173 Å². The number of phosphoric ester groups is 3. The quantitative estimate of drug-likeness (QED) is 0.0101. The summed E-state index contributed by atoms with van der Waals surface area (Å²) in [6.45, 7) is -10.8. The van der Waals surface area contributed by atoms with Gasteiger partial charge in [0.25, 0.3) is 29.0 Å². The van der Waals surface area contributed by atoms with Crippen LogP contribution >= 0.6 is 37.0 Å². The highest BCUT2D eigenvalue weighted by Gasteiger charge is 2.57. The maximum Gasteiger partial charge on any atom is 0.351 e. The topological polar surface area (TPSA) is 833 Å². The predicted molar refractivity (Wildman–Crippen MR) is 502 cm³/mol. The van der Waals surface area contributed by atoms with Gasteiger partial charge in [0.1, 0.15) is 140 Å². The van der Waals surface area contributed by atoms with Gasteiger partial charge in [-0.25, -0.2) is 29.0 Å². The number of aryl methyl sites for hydroxylation is 5. The highest BCUT2D eigenvalue weighted by atomic mass is 32.7. The Kier molecular flexibility index (Phi) is 40.4. The average molecular weight is 2240 g/mol. The Hall–Kier alpha value is -7.85. The predicted octanol–water partition coefficient (Wildman–Crippen LogP) is -4.95. The summed E-state index contributed by atoms with van der Waals surface area (Å²) in [5, 5.41) is 11.8. The lowest BCUT2D eigenvalue weighted by Gasteiger charge is -2.36. The Morgan fingerprint density at radius 2 is 0.642 bits per heavy atom. The number of nitrogens with zero attached hydrogens (tertiary/aromatic N) is 13. The molecular weight excluding hydrogens is 2120 g/mol. The van der Waals surface area contributed by atoms with Crippen molar-refractivity contribution >= 4 is 107 Å². The molecule has 0 aromatic carbocycles. The van der Waals surface area contributed by atoms with E-state index in [1.807, 2.05) is 0 Å². The van der Waals surface area contributed by atoms with E-state index in [9.17, 15) is 47.9 Å². The zero-order valence-corrected chi connectivity index (χ0v) is 87.4. The molecule has 148 heavy (non-hydrogen) atoms. The molecule has 6 fully saturated rings. The molecular formula is C78H114N20O43P5S2-5. The number of hydrogen-bond donors (Lipinski definition) is 8. The van der Waals surface area contributed by atoms with Crippen LogP contribution in [0.1, 0.15) is 72.1 Å². The number of aliphatic hydroxyl groups excluding tert-OH is 1. The van der Waals surface area contributed by atoms with Gasteiger partial charge in [-0.15, -0.1) is 0 Å². The molecule has 0 saturated carbocycles. The lowest BCUT2D eigenvalue weighted by Crippen LogP contribution is -2.43. The molecule has 70 heteroatoms. The fourth-order valence-electron chi connectivity index (χ4n) is 16.4. The molecule has 0 amide bonds. The van der Waals surface area contributed by atoms with Gasteiger partial charge in [-0.05, 0) is 41.5 Å². The highest BCUT2D eigenvalue weighted by Crippen LogP contribution is 2.56. The first kappa shape index (κ1) is 117. The SMILES string of the molecule is COCCO[C@H]1C(O)[C@@H](COP(=O)([S-])OC2[C@@H](COP([O-])(=S)OC3[C@@H](COP(=O)([O-])OC4[C@@H](COP(=O)([O-])OC5[C@@H](COP(=O)([O-])OC6[C@@H](C)O[C@@H](n7cnc8c(=O)[nH]c(N)nc87)[C@H]6OCCOC)O[C@@H](n6cc(C)c(N)nc6=O)[C@H]5OCCOC)O[C@@H](n5cc(C)c(N)nc5=O)[C@H]4OCCOC)O[C@@H](n4cc(C)c(N)nc4=O)[C@H]3OCCOC)O[C@@H](n3cc(C)c(N)nc3=O)[C@H]2OCCOC)O[C@H]1n1cc(C)c(N)nc1=O. The molecule has 6 aliphatic rings. The van der Waals surface area contributed by atoms with Gasteiger partial charge in [-0.1, -0.05) is 11.8 Å². The third kappa shape index (κ3) is 28.5. The van der Waals surface area contributed by atoms with Gasteiger partial charge in [0, 0.05) is 101 Å². The number of aromatic amines is 1. The molecule has 14 N–H and O–H groups in total. The summed E-state index contributed by atoms with van der Waals surface area (Å²) in [7, 11) is -10.4. The van der Waals surface area contributed by atoms with Crippen LogP contribution in [0.2, 0.25) is 0 Å². The molecule has 63 nitrogen and oxygen atoms in total. The van der Waals surface area contributed by atoms with E-state index in [2.05, 4.69) is 39.9 Å². The summed E-state index contributed by atoms with van der Waals surface area (Å²) in [6.07, 6.45) is -35.5. The smallest absolute Gasteiger partial charge is 0.351 e. The summed E-state index contributed by atoms with van der Waals surface area (Å²) in [5.74, 6) is -1.45. The molecule has 0 spiro atoms. The molecule has 0 bridgehead atoms. The lowest BCUT2D eigenvalue weighted by molar-refractivity contribution is -0.241. The number of rotatable bonds is 55. The van der Waals surface area contributed by atoms with Crippen LogP contribution in [-0.4, -0.2) is 337 Å². The van der Waals surface area contributed by atoms with E-state index in [4.69, 9.17) is 189 Å². The van der Waals surface area contributed by atoms with Crippen LogP contribution in [0.15, 0.2) is 66.1 Å². The summed E-state index contributed by atoms with van der Waals surface area (Å²) < 4.78 is 230. The summed E-state index contributed by atoms with van der Waals surface area (Å²) in [4.78, 5) is 173. The monoisotopic (exact) mass is 2240 g/mol. The highest BCUT2D eigenvalue weighted by molar-refractivity contribution is 8.32. The van der Waals surface area contributed by atoms with Crippen molar-refractivity contribution in [2.45, 2.75) is 189 Å². The van der Waals surface area contributed by atoms with E-state index in [1.165, 1.54) is 101 Å². The van der Waals surface area contributed by atoms with Crippen molar-refractivity contribution in [2.75, 3.05) is 189 Å². The number of fused-ring (bicyclic) bond motifs is 1. The normalized spacial score (nSPS) is 29.3. The first-order valence-electron chi connectivity index (χ1n) is 45.1. The van der Waals surface area contributed by atoms with Crippen molar-refractivity contribution in [3.05, 3.63) is 128 Å². The number of H-pyrrole nitrogens is 1. The van der Waals surface area contributed by atoms with Crippen molar-refractivity contribution in [2.24, 2.45) is 0 Å². The third-order valence-corrected chi connectivity index (χ3v) is 29.6. The van der Waals surface area contributed by atoms with E-state index in [0.29, 0.717) is 5.56 Å². The van der Waals surface area contributed by atoms with E-state index in [-0.39, 0.29) is 128 Å². The molecule has 13 heterocycles. The lowest BCUT2D eigenvalue weighted by atomic mass is 10.1. The summed E-state index contributed by atoms with van der Waals surface area (Å²) in [6, 6.07) is 0. The fourth-order valence-corrected chi connectivity index (χ4v) is 22.1. The number of phosphoric acid groups is 3. The van der Waals surface area contributed by atoms with Gasteiger partial charge in [-0.2, -0.15) is 29.9 Å². The van der Waals surface area contributed by atoms with E-state index >= 15 is 23.8 Å². The van der Waals surface area contributed by atoms with Gasteiger partial charge >= 0.3 is 28.4 Å².